The van der Waals surface area contributed by atoms with Crippen molar-refractivity contribution >= 4 is 22.6 Å². The first-order valence-corrected chi connectivity index (χ1v) is 12.5. The summed E-state index contributed by atoms with van der Waals surface area (Å²) >= 11 is 0. The number of ether oxygens (including phenoxy) is 1. The van der Waals surface area contributed by atoms with Crippen LogP contribution in [0.15, 0.2) is 55.0 Å². The number of pyridine rings is 2. The van der Waals surface area contributed by atoms with Gasteiger partial charge in [-0.15, -0.1) is 0 Å². The SMILES string of the molecule is Cc1cccc(-c2[nH]cnc2-c2ccc3ncc(N4CCC(C(=O)OC5CCN(C)C5)C4)cc3c2)n1. The van der Waals surface area contributed by atoms with Crippen LogP contribution in [0.4, 0.5) is 5.69 Å². The molecule has 2 aliphatic rings. The minimum Gasteiger partial charge on any atom is -0.461 e. The number of anilines is 1. The highest BCUT2D eigenvalue weighted by atomic mass is 16.5. The van der Waals surface area contributed by atoms with Crippen LogP contribution in [0, 0.1) is 12.8 Å². The molecule has 5 heterocycles. The zero-order chi connectivity index (χ0) is 24.6. The van der Waals surface area contributed by atoms with Gasteiger partial charge in [0.1, 0.15) is 6.10 Å². The average molecular weight is 483 g/mol. The summed E-state index contributed by atoms with van der Waals surface area (Å²) in [4.78, 5) is 34.4. The van der Waals surface area contributed by atoms with Crippen molar-refractivity contribution < 1.29 is 9.53 Å². The molecule has 4 aromatic rings. The minimum atomic E-state index is -0.0913. The van der Waals surface area contributed by atoms with Crippen LogP contribution in [0.2, 0.25) is 0 Å². The number of carbonyl (C=O) groups excluding carboxylic acids is 1. The maximum Gasteiger partial charge on any atom is 0.311 e. The van der Waals surface area contributed by atoms with Gasteiger partial charge in [-0.3, -0.25) is 14.8 Å². The molecule has 184 valence electrons. The number of hydrogen-bond acceptors (Lipinski definition) is 7. The minimum absolute atomic E-state index is 0.0271. The van der Waals surface area contributed by atoms with E-state index in [9.17, 15) is 4.79 Å². The summed E-state index contributed by atoms with van der Waals surface area (Å²) in [5, 5.41) is 1.04. The fraction of sp³-hybridized carbons (Fsp3) is 0.357. The molecule has 8 nitrogen and oxygen atoms in total. The molecule has 0 radical (unpaired) electrons. The maximum absolute atomic E-state index is 12.7. The number of hydrogen-bond donors (Lipinski definition) is 1. The number of likely N-dealkylation sites (tertiary alicyclic amines) is 1. The topological polar surface area (TPSA) is 87.2 Å². The smallest absolute Gasteiger partial charge is 0.311 e. The van der Waals surface area contributed by atoms with Crippen molar-refractivity contribution in [1.29, 1.82) is 0 Å². The molecule has 0 aliphatic carbocycles. The van der Waals surface area contributed by atoms with Gasteiger partial charge >= 0.3 is 5.97 Å². The number of H-pyrrole nitrogens is 1. The zero-order valence-corrected chi connectivity index (χ0v) is 20.6. The Hall–Kier alpha value is -3.78. The Balaban J connectivity index is 1.22. The Morgan fingerprint density at radius 1 is 1.08 bits per heavy atom. The van der Waals surface area contributed by atoms with E-state index in [1.165, 1.54) is 0 Å². The highest BCUT2D eigenvalue weighted by Gasteiger charge is 2.33. The molecule has 2 atom stereocenters. The van der Waals surface area contributed by atoms with Crippen LogP contribution in [0.3, 0.4) is 0 Å². The summed E-state index contributed by atoms with van der Waals surface area (Å²) < 4.78 is 5.79. The number of rotatable bonds is 5. The van der Waals surface area contributed by atoms with Crippen LogP contribution in [0.5, 0.6) is 0 Å². The summed E-state index contributed by atoms with van der Waals surface area (Å²) in [6.07, 6.45) is 5.37. The third kappa shape index (κ3) is 4.44. The van der Waals surface area contributed by atoms with Gasteiger partial charge in [0.2, 0.25) is 0 Å². The first kappa shape index (κ1) is 22.7. The van der Waals surface area contributed by atoms with Gasteiger partial charge in [0.25, 0.3) is 0 Å². The molecule has 2 aliphatic heterocycles. The number of fused-ring (bicyclic) bond motifs is 1. The number of imidazole rings is 1. The molecule has 8 heteroatoms. The van der Waals surface area contributed by atoms with Crippen molar-refractivity contribution in [2.24, 2.45) is 5.92 Å². The fourth-order valence-electron chi connectivity index (χ4n) is 5.27. The number of nitrogens with zero attached hydrogens (tertiary/aromatic N) is 5. The van der Waals surface area contributed by atoms with Crippen LogP contribution in [0.25, 0.3) is 33.5 Å². The van der Waals surface area contributed by atoms with Crippen LogP contribution >= 0.6 is 0 Å². The molecule has 0 bridgehead atoms. The number of likely N-dealkylation sites (N-methyl/N-ethyl adjacent to an activating group) is 1. The number of nitrogens with one attached hydrogen (secondary N) is 1. The molecule has 3 aromatic heterocycles. The van der Waals surface area contributed by atoms with E-state index in [4.69, 9.17) is 9.72 Å². The van der Waals surface area contributed by atoms with E-state index in [1.807, 2.05) is 43.5 Å². The van der Waals surface area contributed by atoms with Crippen molar-refractivity contribution in [3.8, 4) is 22.6 Å². The zero-order valence-electron chi connectivity index (χ0n) is 20.6. The molecule has 0 saturated carbocycles. The van der Waals surface area contributed by atoms with Gasteiger partial charge in [-0.2, -0.15) is 0 Å². The van der Waals surface area contributed by atoms with Gasteiger partial charge < -0.3 is 19.5 Å². The van der Waals surface area contributed by atoms with Gasteiger partial charge in [0.15, 0.2) is 0 Å². The second-order valence-electron chi connectivity index (χ2n) is 9.93. The Kier molecular flexibility index (Phi) is 5.89. The number of aromatic amines is 1. The van der Waals surface area contributed by atoms with E-state index in [1.54, 1.807) is 6.33 Å². The van der Waals surface area contributed by atoms with Crippen molar-refractivity contribution in [2.75, 3.05) is 38.1 Å². The summed E-state index contributed by atoms with van der Waals surface area (Å²) in [6, 6.07) is 14.3. The molecule has 2 saturated heterocycles. The molecule has 6 rings (SSSR count). The lowest BCUT2D eigenvalue weighted by Crippen LogP contribution is -2.28. The Bertz CT molecular complexity index is 1420. The van der Waals surface area contributed by atoms with Crippen molar-refractivity contribution in [3.63, 3.8) is 0 Å². The molecule has 2 unspecified atom stereocenters. The van der Waals surface area contributed by atoms with E-state index < -0.39 is 0 Å². The van der Waals surface area contributed by atoms with E-state index in [0.29, 0.717) is 6.54 Å². The third-order valence-corrected chi connectivity index (χ3v) is 7.24. The second kappa shape index (κ2) is 9.35. The molecule has 2 fully saturated rings. The van der Waals surface area contributed by atoms with Crippen LogP contribution < -0.4 is 4.90 Å². The Morgan fingerprint density at radius 3 is 2.83 bits per heavy atom. The maximum atomic E-state index is 12.7. The third-order valence-electron chi connectivity index (χ3n) is 7.24. The lowest BCUT2D eigenvalue weighted by molar-refractivity contribution is -0.152. The van der Waals surface area contributed by atoms with Crippen LogP contribution in [0.1, 0.15) is 18.5 Å². The van der Waals surface area contributed by atoms with Crippen molar-refractivity contribution in [1.82, 2.24) is 24.8 Å². The van der Waals surface area contributed by atoms with Crippen LogP contribution in [-0.2, 0) is 9.53 Å². The first-order valence-electron chi connectivity index (χ1n) is 12.5. The molecule has 0 spiro atoms. The highest BCUT2D eigenvalue weighted by molar-refractivity contribution is 5.88. The molecular weight excluding hydrogens is 452 g/mol. The molecular formula is C28H30N6O2. The average Bonchev–Trinajstić information content (AvgIpc) is 3.64. The van der Waals surface area contributed by atoms with E-state index in [2.05, 4.69) is 43.9 Å². The predicted molar refractivity (Wildman–Crippen MR) is 140 cm³/mol. The Labute approximate surface area is 210 Å². The van der Waals surface area contributed by atoms with Crippen LogP contribution in [-0.4, -0.2) is 70.1 Å². The van der Waals surface area contributed by atoms with E-state index in [0.717, 1.165) is 77.4 Å². The lowest BCUT2D eigenvalue weighted by Gasteiger charge is -2.19. The largest absolute Gasteiger partial charge is 0.461 e. The molecule has 36 heavy (non-hydrogen) atoms. The second-order valence-corrected chi connectivity index (χ2v) is 9.93. The quantitative estimate of drug-likeness (QED) is 0.429. The summed E-state index contributed by atoms with van der Waals surface area (Å²) in [7, 11) is 2.07. The van der Waals surface area contributed by atoms with Crippen molar-refractivity contribution in [3.05, 3.63) is 60.7 Å². The van der Waals surface area contributed by atoms with Crippen molar-refractivity contribution in [2.45, 2.75) is 25.9 Å². The van der Waals surface area contributed by atoms with Gasteiger partial charge in [0.05, 0.1) is 46.7 Å². The number of aryl methyl sites for hydroxylation is 1. The molecule has 1 aromatic carbocycles. The molecule has 0 amide bonds. The number of aromatic nitrogens is 4. The summed E-state index contributed by atoms with van der Waals surface area (Å²) in [6.45, 7) is 5.28. The summed E-state index contributed by atoms with van der Waals surface area (Å²) in [5.74, 6) is -0.156. The molecule has 1 N–H and O–H groups in total. The number of benzene rings is 1. The first-order chi connectivity index (χ1) is 17.5. The van der Waals surface area contributed by atoms with E-state index in [-0.39, 0.29) is 18.0 Å². The predicted octanol–water partition coefficient (Wildman–Crippen LogP) is 4.07. The number of esters is 1. The monoisotopic (exact) mass is 482 g/mol. The normalized spacial score (nSPS) is 20.3. The standard InChI is InChI=1S/C28H30N6O2/c1-18-4-3-5-25(32-18)27-26(30-17-31-27)19-6-7-24-21(12-19)13-22(14-29-24)34-11-8-20(15-34)28(35)36-23-9-10-33(2)16-23/h3-7,12-14,17,20,23H,8-11,15-16H2,1-2H3,(H,30,31). The van der Waals surface area contributed by atoms with Gasteiger partial charge in [-0.25, -0.2) is 4.98 Å². The number of carbonyl (C=O) groups is 1. The highest BCUT2D eigenvalue weighted by Crippen LogP contribution is 2.32. The fourth-order valence-corrected chi connectivity index (χ4v) is 5.27. The van der Waals surface area contributed by atoms with E-state index >= 15 is 0 Å². The summed E-state index contributed by atoms with van der Waals surface area (Å²) in [5.41, 5.74) is 6.55. The van der Waals surface area contributed by atoms with Gasteiger partial charge in [-0.05, 0) is 57.1 Å². The van der Waals surface area contributed by atoms with Gasteiger partial charge in [-0.1, -0.05) is 12.1 Å². The van der Waals surface area contributed by atoms with Gasteiger partial charge in [0, 0.05) is 42.8 Å². The lowest BCUT2D eigenvalue weighted by atomic mass is 10.0. The Morgan fingerprint density at radius 2 is 2.00 bits per heavy atom.